The third kappa shape index (κ3) is 4.10. The van der Waals surface area contributed by atoms with Crippen LogP contribution in [0.3, 0.4) is 0 Å². The predicted molar refractivity (Wildman–Crippen MR) is 49.7 cm³/mol. The van der Waals surface area contributed by atoms with Crippen molar-refractivity contribution in [3.8, 4) is 0 Å². The molecule has 5 nitrogen and oxygen atoms in total. The van der Waals surface area contributed by atoms with Crippen molar-refractivity contribution in [3.05, 3.63) is 0 Å². The molecule has 0 aromatic carbocycles. The Hall–Kier alpha value is -0.810. The lowest BCUT2D eigenvalue weighted by molar-refractivity contribution is 0.193. The first-order valence-electron chi connectivity index (χ1n) is 4.57. The molecule has 1 rings (SSSR count). The molecule has 0 radical (unpaired) electrons. The van der Waals surface area contributed by atoms with Crippen LogP contribution in [0.1, 0.15) is 6.42 Å². The van der Waals surface area contributed by atoms with Crippen LogP contribution < -0.4 is 16.0 Å². The Labute approximate surface area is 78.2 Å². The Morgan fingerprint density at radius 1 is 1.62 bits per heavy atom. The summed E-state index contributed by atoms with van der Waals surface area (Å²) in [5, 5.41) is 8.68. The van der Waals surface area contributed by atoms with E-state index in [0.717, 1.165) is 19.5 Å². The van der Waals surface area contributed by atoms with Gasteiger partial charge in [0, 0.05) is 33.4 Å². The summed E-state index contributed by atoms with van der Waals surface area (Å²) in [7, 11) is 1.65. The van der Waals surface area contributed by atoms with Crippen LogP contribution in [0.15, 0.2) is 0 Å². The molecule has 13 heavy (non-hydrogen) atoms. The zero-order chi connectivity index (χ0) is 9.52. The molecule has 0 saturated carbocycles. The van der Waals surface area contributed by atoms with Crippen LogP contribution in [-0.4, -0.2) is 45.4 Å². The Morgan fingerprint density at radius 2 is 2.38 bits per heavy atom. The van der Waals surface area contributed by atoms with Gasteiger partial charge < -0.3 is 20.7 Å². The third-order valence-electron chi connectivity index (χ3n) is 1.93. The molecule has 5 heteroatoms. The van der Waals surface area contributed by atoms with Crippen molar-refractivity contribution in [2.24, 2.45) is 0 Å². The first-order chi connectivity index (χ1) is 6.33. The first-order valence-corrected chi connectivity index (χ1v) is 4.57. The van der Waals surface area contributed by atoms with E-state index in [9.17, 15) is 4.79 Å². The highest BCUT2D eigenvalue weighted by molar-refractivity contribution is 5.74. The molecule has 0 aromatic rings. The van der Waals surface area contributed by atoms with Crippen molar-refractivity contribution in [1.82, 2.24) is 16.0 Å². The van der Waals surface area contributed by atoms with Crippen LogP contribution in [-0.2, 0) is 4.74 Å². The number of ether oxygens (including phenoxy) is 1. The molecule has 3 N–H and O–H groups in total. The second-order valence-electron chi connectivity index (χ2n) is 3.10. The Balaban J connectivity index is 1.91. The summed E-state index contributed by atoms with van der Waals surface area (Å²) in [4.78, 5) is 11.1. The monoisotopic (exact) mass is 187 g/mol. The van der Waals surface area contributed by atoms with E-state index in [2.05, 4.69) is 16.0 Å². The lowest BCUT2D eigenvalue weighted by Gasteiger charge is -2.27. The normalized spacial score (nSPS) is 16.4. The van der Waals surface area contributed by atoms with Gasteiger partial charge in [0.25, 0.3) is 0 Å². The molecule has 0 unspecified atom stereocenters. The number of nitrogens with one attached hydrogen (secondary N) is 3. The minimum atomic E-state index is -0.0809. The molecule has 1 aliphatic heterocycles. The molecule has 0 aromatic heterocycles. The molecule has 76 valence electrons. The fraction of sp³-hybridized carbons (Fsp3) is 0.875. The van der Waals surface area contributed by atoms with Crippen LogP contribution in [0.25, 0.3) is 0 Å². The standard InChI is InChI=1S/C8H17N3O2/c1-13-4-2-3-10-8(12)11-7-5-9-6-7/h7,9H,2-6H2,1H3,(H2,10,11,12). The number of amides is 2. The topological polar surface area (TPSA) is 62.4 Å². The molecule has 0 bridgehead atoms. The second kappa shape index (κ2) is 5.77. The fourth-order valence-electron chi connectivity index (χ4n) is 1.05. The van der Waals surface area contributed by atoms with Crippen molar-refractivity contribution in [2.75, 3.05) is 33.4 Å². The first kappa shape index (κ1) is 10.3. The number of urea groups is 1. The van der Waals surface area contributed by atoms with Gasteiger partial charge in [-0.3, -0.25) is 0 Å². The molecule has 1 fully saturated rings. The SMILES string of the molecule is COCCCNC(=O)NC1CNC1. The Morgan fingerprint density at radius 3 is 2.92 bits per heavy atom. The van der Waals surface area contributed by atoms with Crippen molar-refractivity contribution in [2.45, 2.75) is 12.5 Å². The van der Waals surface area contributed by atoms with Crippen LogP contribution in [0.4, 0.5) is 4.79 Å². The number of methoxy groups -OCH3 is 1. The number of carbonyl (C=O) groups is 1. The molecule has 1 aliphatic rings. The van der Waals surface area contributed by atoms with E-state index in [1.54, 1.807) is 7.11 Å². The van der Waals surface area contributed by atoms with E-state index < -0.39 is 0 Å². The Bertz CT molecular complexity index is 159. The fourth-order valence-corrected chi connectivity index (χ4v) is 1.05. The molecule has 1 heterocycles. The van der Waals surface area contributed by atoms with Crippen LogP contribution in [0, 0.1) is 0 Å². The summed E-state index contributed by atoms with van der Waals surface area (Å²) in [5.74, 6) is 0. The van der Waals surface area contributed by atoms with E-state index in [0.29, 0.717) is 19.2 Å². The van der Waals surface area contributed by atoms with Gasteiger partial charge in [-0.25, -0.2) is 4.79 Å². The minimum Gasteiger partial charge on any atom is -0.385 e. The van der Waals surface area contributed by atoms with Gasteiger partial charge in [0.1, 0.15) is 0 Å². The zero-order valence-corrected chi connectivity index (χ0v) is 7.93. The predicted octanol–water partition coefficient (Wildman–Crippen LogP) is -0.706. The van der Waals surface area contributed by atoms with Gasteiger partial charge in [0.15, 0.2) is 0 Å². The minimum absolute atomic E-state index is 0.0809. The summed E-state index contributed by atoms with van der Waals surface area (Å²) in [5.41, 5.74) is 0. The summed E-state index contributed by atoms with van der Waals surface area (Å²) in [6.45, 7) is 3.11. The van der Waals surface area contributed by atoms with Crippen molar-refractivity contribution in [3.63, 3.8) is 0 Å². The van der Waals surface area contributed by atoms with Gasteiger partial charge in [0.05, 0.1) is 6.04 Å². The smallest absolute Gasteiger partial charge is 0.315 e. The molecule has 0 atom stereocenters. The van der Waals surface area contributed by atoms with E-state index in [1.807, 2.05) is 0 Å². The largest absolute Gasteiger partial charge is 0.385 e. The zero-order valence-electron chi connectivity index (χ0n) is 7.93. The summed E-state index contributed by atoms with van der Waals surface area (Å²) in [6, 6.07) is 0.227. The van der Waals surface area contributed by atoms with Gasteiger partial charge in [0.2, 0.25) is 0 Å². The van der Waals surface area contributed by atoms with Crippen molar-refractivity contribution in [1.29, 1.82) is 0 Å². The highest BCUT2D eigenvalue weighted by atomic mass is 16.5. The van der Waals surface area contributed by atoms with Crippen molar-refractivity contribution < 1.29 is 9.53 Å². The molecule has 0 aliphatic carbocycles. The van der Waals surface area contributed by atoms with Gasteiger partial charge in [-0.2, -0.15) is 0 Å². The number of hydrogen-bond acceptors (Lipinski definition) is 3. The Kier molecular flexibility index (Phi) is 4.56. The van der Waals surface area contributed by atoms with Gasteiger partial charge >= 0.3 is 6.03 Å². The third-order valence-corrected chi connectivity index (χ3v) is 1.93. The van der Waals surface area contributed by atoms with E-state index in [1.165, 1.54) is 0 Å². The van der Waals surface area contributed by atoms with E-state index >= 15 is 0 Å². The van der Waals surface area contributed by atoms with Gasteiger partial charge in [-0.05, 0) is 6.42 Å². The maximum absolute atomic E-state index is 11.1. The number of carbonyl (C=O) groups excluding carboxylic acids is 1. The summed E-state index contributed by atoms with van der Waals surface area (Å²) < 4.78 is 4.86. The molecular weight excluding hydrogens is 170 g/mol. The lowest BCUT2D eigenvalue weighted by Crippen LogP contribution is -2.58. The van der Waals surface area contributed by atoms with Gasteiger partial charge in [-0.15, -0.1) is 0 Å². The van der Waals surface area contributed by atoms with Crippen molar-refractivity contribution >= 4 is 6.03 Å². The van der Waals surface area contributed by atoms with Gasteiger partial charge in [-0.1, -0.05) is 0 Å². The van der Waals surface area contributed by atoms with Crippen LogP contribution in [0.5, 0.6) is 0 Å². The second-order valence-corrected chi connectivity index (χ2v) is 3.10. The summed E-state index contributed by atoms with van der Waals surface area (Å²) >= 11 is 0. The number of hydrogen-bond donors (Lipinski definition) is 3. The molecule has 0 spiro atoms. The van der Waals surface area contributed by atoms with Crippen LogP contribution >= 0.6 is 0 Å². The average Bonchev–Trinajstić information content (AvgIpc) is 2.06. The quantitative estimate of drug-likeness (QED) is 0.498. The summed E-state index contributed by atoms with van der Waals surface area (Å²) in [6.07, 6.45) is 0.854. The number of rotatable bonds is 5. The highest BCUT2D eigenvalue weighted by Gasteiger charge is 2.17. The molecular formula is C8H17N3O2. The average molecular weight is 187 g/mol. The van der Waals surface area contributed by atoms with E-state index in [-0.39, 0.29) is 6.03 Å². The maximum atomic E-state index is 11.1. The maximum Gasteiger partial charge on any atom is 0.315 e. The molecule has 2 amide bonds. The highest BCUT2D eigenvalue weighted by Crippen LogP contribution is 1.89. The lowest BCUT2D eigenvalue weighted by atomic mass is 10.2. The molecule has 1 saturated heterocycles. The van der Waals surface area contributed by atoms with Crippen LogP contribution in [0.2, 0.25) is 0 Å². The van der Waals surface area contributed by atoms with E-state index in [4.69, 9.17) is 4.74 Å².